The van der Waals surface area contributed by atoms with Gasteiger partial charge in [0.1, 0.15) is 6.33 Å². The van der Waals surface area contributed by atoms with Crippen LogP contribution in [0.1, 0.15) is 78.4 Å². The molecule has 1 fully saturated rings. The second-order valence-electron chi connectivity index (χ2n) is 11.5. The van der Waals surface area contributed by atoms with Crippen LogP contribution in [0.25, 0.3) is 27.8 Å². The molecule has 0 bridgehead atoms. The van der Waals surface area contributed by atoms with Crippen molar-refractivity contribution >= 4 is 36.2 Å². The van der Waals surface area contributed by atoms with Gasteiger partial charge in [0.15, 0.2) is 5.65 Å². The average molecular weight is 650 g/mol. The Bertz CT molecular complexity index is 1810. The van der Waals surface area contributed by atoms with Gasteiger partial charge in [0, 0.05) is 23.6 Å². The number of hydrogen-bond donors (Lipinski definition) is 2. The Morgan fingerprint density at radius 3 is 2.56 bits per heavy atom. The van der Waals surface area contributed by atoms with Crippen LogP contribution < -0.4 is 5.32 Å². The van der Waals surface area contributed by atoms with Gasteiger partial charge in [0.2, 0.25) is 5.91 Å². The third-order valence-corrected chi connectivity index (χ3v) is 9.17. The Labute approximate surface area is 257 Å². The third kappa shape index (κ3) is 6.69. The highest BCUT2D eigenvalue weighted by Crippen LogP contribution is 2.46. The zero-order valence-corrected chi connectivity index (χ0v) is 26.2. The standard InChI is InChI=1S/C30H35F3N5O6P/c1-17(2)26-22-14-21(20-9-11-34-12-10-20)7-8-24(22)38(27(26)23-15-37-28(35-16-36-37)19(4)18(23)3)25(39)6-5-13-43-45(41,42)44-29(40)30(31,32)33/h7-8,14-17,20,34H,5-6,9-13H2,1-4H3,(H,41,42). The lowest BCUT2D eigenvalue weighted by molar-refractivity contribution is -0.191. The SMILES string of the molecule is Cc1c(-c2c(C(C)C)c3cc(C4CCNCC4)ccc3n2C(=O)CCCOP(=O)(O)OC(=O)C(F)(F)F)cn2ncnc2c1C. The van der Waals surface area contributed by atoms with Gasteiger partial charge in [0.25, 0.3) is 0 Å². The van der Waals surface area contributed by atoms with Gasteiger partial charge in [-0.1, -0.05) is 19.9 Å². The van der Waals surface area contributed by atoms with E-state index in [-0.39, 0.29) is 24.7 Å². The van der Waals surface area contributed by atoms with Gasteiger partial charge in [0.05, 0.1) is 17.8 Å². The first-order valence-electron chi connectivity index (χ1n) is 14.7. The number of piperidine rings is 1. The number of nitrogens with one attached hydrogen (secondary N) is 1. The molecule has 11 nitrogen and oxygen atoms in total. The first-order valence-corrected chi connectivity index (χ1v) is 16.2. The average Bonchev–Trinajstić information content (AvgIpc) is 3.59. The summed E-state index contributed by atoms with van der Waals surface area (Å²) in [6, 6.07) is 6.17. The number of benzene rings is 1. The molecule has 15 heteroatoms. The van der Waals surface area contributed by atoms with Crippen LogP contribution in [0.4, 0.5) is 13.2 Å². The van der Waals surface area contributed by atoms with Crippen LogP contribution in [-0.2, 0) is 18.4 Å². The molecule has 5 rings (SSSR count). The molecule has 0 spiro atoms. The number of carbonyl (C=O) groups excluding carboxylic acids is 2. The molecule has 1 saturated heterocycles. The number of fused-ring (bicyclic) bond motifs is 2. The minimum absolute atomic E-state index is 0.0119. The van der Waals surface area contributed by atoms with Crippen molar-refractivity contribution in [1.82, 2.24) is 24.5 Å². The zero-order valence-electron chi connectivity index (χ0n) is 25.3. The summed E-state index contributed by atoms with van der Waals surface area (Å²) in [4.78, 5) is 38.9. The Morgan fingerprint density at radius 1 is 1.18 bits per heavy atom. The number of aryl methyl sites for hydroxylation is 1. The predicted octanol–water partition coefficient (Wildman–Crippen LogP) is 6.20. The van der Waals surface area contributed by atoms with Crippen molar-refractivity contribution in [2.24, 2.45) is 0 Å². The van der Waals surface area contributed by atoms with E-state index in [4.69, 9.17) is 0 Å². The second kappa shape index (κ2) is 12.7. The molecule has 1 aliphatic rings. The highest BCUT2D eigenvalue weighted by Gasteiger charge is 2.45. The van der Waals surface area contributed by atoms with Crippen molar-refractivity contribution in [3.8, 4) is 11.3 Å². The van der Waals surface area contributed by atoms with Crippen LogP contribution in [0.3, 0.4) is 0 Å². The molecule has 0 amide bonds. The minimum atomic E-state index is -5.46. The summed E-state index contributed by atoms with van der Waals surface area (Å²) < 4.78 is 60.7. The highest BCUT2D eigenvalue weighted by molar-refractivity contribution is 7.48. The molecule has 0 aliphatic carbocycles. The maximum Gasteiger partial charge on any atom is 0.529 e. The third-order valence-electron chi connectivity index (χ3n) is 8.27. The van der Waals surface area contributed by atoms with Gasteiger partial charge < -0.3 is 9.84 Å². The Balaban J connectivity index is 1.55. The minimum Gasteiger partial charge on any atom is -0.364 e. The quantitative estimate of drug-likeness (QED) is 0.160. The summed E-state index contributed by atoms with van der Waals surface area (Å²) in [5.74, 6) is -2.80. The molecule has 242 valence electrons. The lowest BCUT2D eigenvalue weighted by Crippen LogP contribution is -2.26. The molecule has 0 radical (unpaired) electrons. The van der Waals surface area contributed by atoms with Gasteiger partial charge in [-0.25, -0.2) is 18.9 Å². The zero-order chi connectivity index (χ0) is 32.7. The molecular weight excluding hydrogens is 614 g/mol. The molecule has 1 atom stereocenters. The van der Waals surface area contributed by atoms with Crippen LogP contribution in [0.5, 0.6) is 0 Å². The van der Waals surface area contributed by atoms with E-state index in [2.05, 4.69) is 50.4 Å². The molecular formula is C30H35F3N5O6P. The van der Waals surface area contributed by atoms with E-state index in [1.54, 1.807) is 9.08 Å². The van der Waals surface area contributed by atoms with Crippen LogP contribution in [-0.4, -0.2) is 61.8 Å². The van der Waals surface area contributed by atoms with Crippen LogP contribution >= 0.6 is 7.82 Å². The fraction of sp³-hybridized carbons (Fsp3) is 0.467. The Morgan fingerprint density at radius 2 is 1.89 bits per heavy atom. The van der Waals surface area contributed by atoms with Crippen LogP contribution in [0.2, 0.25) is 0 Å². The molecule has 4 aromatic rings. The summed E-state index contributed by atoms with van der Waals surface area (Å²) in [6.07, 6.45) is -0.448. The first-order chi connectivity index (χ1) is 21.2. The smallest absolute Gasteiger partial charge is 0.364 e. The van der Waals surface area contributed by atoms with E-state index in [9.17, 15) is 32.2 Å². The number of alkyl halides is 3. The number of nitrogens with zero attached hydrogens (tertiary/aromatic N) is 4. The molecule has 4 heterocycles. The number of pyridine rings is 1. The largest absolute Gasteiger partial charge is 0.529 e. The van der Waals surface area contributed by atoms with Gasteiger partial charge in [-0.2, -0.15) is 18.3 Å². The van der Waals surface area contributed by atoms with Crippen molar-refractivity contribution in [3.63, 3.8) is 0 Å². The van der Waals surface area contributed by atoms with Crippen molar-refractivity contribution in [3.05, 3.63) is 53.0 Å². The van der Waals surface area contributed by atoms with Gasteiger partial charge in [-0.15, -0.1) is 0 Å². The van der Waals surface area contributed by atoms with Gasteiger partial charge in [-0.3, -0.25) is 18.8 Å². The molecule has 1 aromatic carbocycles. The normalized spacial score (nSPS) is 16.0. The van der Waals surface area contributed by atoms with Crippen molar-refractivity contribution in [2.45, 2.75) is 71.4 Å². The molecule has 3 aromatic heterocycles. The first kappa shape index (κ1) is 32.8. The molecule has 1 unspecified atom stereocenters. The summed E-state index contributed by atoms with van der Waals surface area (Å²) in [5.41, 5.74) is 6.87. The predicted molar refractivity (Wildman–Crippen MR) is 160 cm³/mol. The molecule has 45 heavy (non-hydrogen) atoms. The fourth-order valence-corrected chi connectivity index (χ4v) is 6.72. The number of halogens is 3. The Hall–Kier alpha value is -3.58. The summed E-state index contributed by atoms with van der Waals surface area (Å²) in [7, 11) is -5.34. The fourth-order valence-electron chi connectivity index (χ4n) is 5.99. The van der Waals surface area contributed by atoms with Crippen molar-refractivity contribution in [2.75, 3.05) is 19.7 Å². The second-order valence-corrected chi connectivity index (χ2v) is 12.9. The summed E-state index contributed by atoms with van der Waals surface area (Å²) >= 11 is 0. The monoisotopic (exact) mass is 649 g/mol. The van der Waals surface area contributed by atoms with E-state index >= 15 is 0 Å². The lowest BCUT2D eigenvalue weighted by atomic mass is 9.88. The van der Waals surface area contributed by atoms with Crippen molar-refractivity contribution in [1.29, 1.82) is 0 Å². The Kier molecular flexibility index (Phi) is 9.23. The number of phosphoric acid groups is 1. The molecule has 2 N–H and O–H groups in total. The van der Waals surface area contributed by atoms with Gasteiger partial charge >= 0.3 is 20.0 Å². The number of phosphoric ester groups is 1. The molecule has 1 aliphatic heterocycles. The maximum absolute atomic E-state index is 14.0. The topological polar surface area (TPSA) is 137 Å². The number of aromatic nitrogens is 4. The molecule has 0 saturated carbocycles. The van der Waals surface area contributed by atoms with E-state index in [1.807, 2.05) is 26.1 Å². The number of rotatable bonds is 9. The van der Waals surface area contributed by atoms with E-state index in [0.29, 0.717) is 22.8 Å². The summed E-state index contributed by atoms with van der Waals surface area (Å²) in [5, 5.41) is 8.67. The van der Waals surface area contributed by atoms with E-state index in [1.165, 1.54) is 11.9 Å². The highest BCUT2D eigenvalue weighted by atomic mass is 31.2. The van der Waals surface area contributed by atoms with Crippen LogP contribution in [0, 0.1) is 13.8 Å². The van der Waals surface area contributed by atoms with Crippen LogP contribution in [0.15, 0.2) is 30.7 Å². The number of carbonyl (C=O) groups is 2. The van der Waals surface area contributed by atoms with Gasteiger partial charge in [-0.05, 0) is 92.4 Å². The van der Waals surface area contributed by atoms with Crippen molar-refractivity contribution < 1.29 is 41.3 Å². The maximum atomic E-state index is 14.0. The lowest BCUT2D eigenvalue weighted by Gasteiger charge is -2.23. The number of hydrogen-bond acceptors (Lipinski definition) is 8. The van der Waals surface area contributed by atoms with E-state index in [0.717, 1.165) is 53.6 Å². The van der Waals surface area contributed by atoms with E-state index < -0.39 is 26.6 Å². The summed E-state index contributed by atoms with van der Waals surface area (Å²) in [6.45, 7) is 9.30.